The van der Waals surface area contributed by atoms with Crippen molar-refractivity contribution in [2.24, 2.45) is 5.92 Å². The molecular formula is C28H36F3N3O2. The number of methoxy groups -OCH3 is 1. The van der Waals surface area contributed by atoms with Gasteiger partial charge in [-0.15, -0.1) is 0 Å². The van der Waals surface area contributed by atoms with E-state index in [-0.39, 0.29) is 5.97 Å². The first-order valence-electron chi connectivity index (χ1n) is 12.7. The number of benzene rings is 2. The molecule has 0 amide bonds. The SMILES string of the molecule is COC(=O)CC[C@H]1CN(Cc2ccc(C)cc2)CC[C@H]1N1CCN(c2cccc(C(F)(F)F)c2)CC1. The van der Waals surface area contributed by atoms with E-state index in [9.17, 15) is 18.0 Å². The normalized spacial score (nSPS) is 22.0. The Bertz CT molecular complexity index is 1000. The summed E-state index contributed by atoms with van der Waals surface area (Å²) in [6.45, 7) is 7.87. The fraction of sp³-hybridized carbons (Fsp3) is 0.536. The van der Waals surface area contributed by atoms with Crippen LogP contribution in [0, 0.1) is 12.8 Å². The molecule has 0 aliphatic carbocycles. The number of aryl methyl sites for hydroxylation is 1. The van der Waals surface area contributed by atoms with E-state index in [1.165, 1.54) is 30.4 Å². The third-order valence-electron chi connectivity index (χ3n) is 7.57. The van der Waals surface area contributed by atoms with Gasteiger partial charge in [-0.2, -0.15) is 13.2 Å². The van der Waals surface area contributed by atoms with Gasteiger partial charge in [-0.25, -0.2) is 0 Å². The number of rotatable bonds is 7. The van der Waals surface area contributed by atoms with Gasteiger partial charge in [0.1, 0.15) is 0 Å². The number of nitrogens with zero attached hydrogens (tertiary/aromatic N) is 3. The van der Waals surface area contributed by atoms with Gasteiger partial charge in [0, 0.05) is 57.4 Å². The maximum atomic E-state index is 13.2. The van der Waals surface area contributed by atoms with Gasteiger partial charge in [-0.1, -0.05) is 35.9 Å². The van der Waals surface area contributed by atoms with Crippen molar-refractivity contribution in [3.05, 3.63) is 65.2 Å². The van der Waals surface area contributed by atoms with Crippen molar-refractivity contribution in [1.29, 1.82) is 0 Å². The summed E-state index contributed by atoms with van der Waals surface area (Å²) in [5, 5.41) is 0. The maximum Gasteiger partial charge on any atom is 0.416 e. The Labute approximate surface area is 211 Å². The Kier molecular flexibility index (Phi) is 8.57. The number of carbonyl (C=O) groups excluding carboxylic acids is 1. The number of halogens is 3. The highest BCUT2D eigenvalue weighted by Crippen LogP contribution is 2.33. The van der Waals surface area contributed by atoms with Gasteiger partial charge < -0.3 is 9.64 Å². The lowest BCUT2D eigenvalue weighted by Gasteiger charge is -2.47. The predicted octanol–water partition coefficient (Wildman–Crippen LogP) is 4.98. The first kappa shape index (κ1) is 26.5. The van der Waals surface area contributed by atoms with Crippen molar-refractivity contribution in [3.8, 4) is 0 Å². The zero-order chi connectivity index (χ0) is 25.7. The molecule has 2 atom stereocenters. The number of alkyl halides is 3. The van der Waals surface area contributed by atoms with Crippen molar-refractivity contribution >= 4 is 11.7 Å². The van der Waals surface area contributed by atoms with Crippen molar-refractivity contribution in [2.75, 3.05) is 51.3 Å². The molecule has 2 saturated heterocycles. The van der Waals surface area contributed by atoms with E-state index in [4.69, 9.17) is 4.74 Å². The quantitative estimate of drug-likeness (QED) is 0.498. The summed E-state index contributed by atoms with van der Waals surface area (Å²) in [6, 6.07) is 14.6. The summed E-state index contributed by atoms with van der Waals surface area (Å²) in [5.41, 5.74) is 2.56. The van der Waals surface area contributed by atoms with Crippen LogP contribution in [0.2, 0.25) is 0 Å². The zero-order valence-electron chi connectivity index (χ0n) is 21.1. The zero-order valence-corrected chi connectivity index (χ0v) is 21.1. The summed E-state index contributed by atoms with van der Waals surface area (Å²) in [4.78, 5) is 18.9. The first-order valence-corrected chi connectivity index (χ1v) is 12.7. The van der Waals surface area contributed by atoms with Crippen molar-refractivity contribution in [3.63, 3.8) is 0 Å². The Hall–Kier alpha value is -2.58. The van der Waals surface area contributed by atoms with E-state index in [1.54, 1.807) is 6.07 Å². The van der Waals surface area contributed by atoms with Crippen LogP contribution < -0.4 is 4.90 Å². The van der Waals surface area contributed by atoms with Crippen LogP contribution in [-0.2, 0) is 22.3 Å². The molecular weight excluding hydrogens is 467 g/mol. The second-order valence-electron chi connectivity index (χ2n) is 10.0. The van der Waals surface area contributed by atoms with Gasteiger partial charge in [0.2, 0.25) is 0 Å². The lowest BCUT2D eigenvalue weighted by Crippen LogP contribution is -2.56. The average molecular weight is 504 g/mol. The standard InChI is InChI=1S/C28H36F3N3O2/c1-21-6-8-22(9-7-21)19-32-13-12-26(23(20-32)10-11-27(35)36-2)34-16-14-33(15-17-34)25-5-3-4-24(18-25)28(29,30)31/h3-9,18,23,26H,10-17,19-20H2,1-2H3/t23-,26+/m0/s1. The molecule has 2 aliphatic heterocycles. The molecule has 4 rings (SSSR count). The van der Waals surface area contributed by atoms with E-state index in [1.807, 2.05) is 4.90 Å². The minimum atomic E-state index is -4.34. The largest absolute Gasteiger partial charge is 0.469 e. The number of likely N-dealkylation sites (tertiary alicyclic amines) is 1. The van der Waals surface area contributed by atoms with E-state index in [2.05, 4.69) is 41.0 Å². The van der Waals surface area contributed by atoms with Crippen LogP contribution in [0.5, 0.6) is 0 Å². The molecule has 196 valence electrons. The minimum absolute atomic E-state index is 0.182. The molecule has 0 unspecified atom stereocenters. The molecule has 2 aliphatic rings. The fourth-order valence-electron chi connectivity index (χ4n) is 5.55. The van der Waals surface area contributed by atoms with Gasteiger partial charge >= 0.3 is 12.1 Å². The lowest BCUT2D eigenvalue weighted by atomic mass is 9.86. The van der Waals surface area contributed by atoms with Crippen LogP contribution in [0.15, 0.2) is 48.5 Å². The monoisotopic (exact) mass is 503 g/mol. The third kappa shape index (κ3) is 6.79. The summed E-state index contributed by atoms with van der Waals surface area (Å²) < 4.78 is 44.4. The van der Waals surface area contributed by atoms with E-state index in [0.29, 0.717) is 37.2 Å². The van der Waals surface area contributed by atoms with Crippen LogP contribution >= 0.6 is 0 Å². The summed E-state index contributed by atoms with van der Waals surface area (Å²) in [7, 11) is 1.43. The van der Waals surface area contributed by atoms with Crippen LogP contribution in [-0.4, -0.2) is 68.2 Å². The Balaban J connectivity index is 1.39. The average Bonchev–Trinajstić information content (AvgIpc) is 2.88. The molecule has 2 aromatic carbocycles. The fourth-order valence-corrected chi connectivity index (χ4v) is 5.55. The molecule has 2 heterocycles. The second-order valence-corrected chi connectivity index (χ2v) is 10.0. The number of carbonyl (C=O) groups is 1. The highest BCUT2D eigenvalue weighted by atomic mass is 19.4. The van der Waals surface area contributed by atoms with Crippen molar-refractivity contribution in [1.82, 2.24) is 9.80 Å². The molecule has 5 nitrogen and oxygen atoms in total. The molecule has 0 bridgehead atoms. The van der Waals surface area contributed by atoms with E-state index < -0.39 is 11.7 Å². The number of anilines is 1. The molecule has 0 saturated carbocycles. The van der Waals surface area contributed by atoms with Crippen LogP contribution in [0.1, 0.15) is 36.0 Å². The molecule has 2 aromatic rings. The molecule has 36 heavy (non-hydrogen) atoms. The number of esters is 1. The lowest BCUT2D eigenvalue weighted by molar-refractivity contribution is -0.141. The number of ether oxygens (including phenoxy) is 1. The van der Waals surface area contributed by atoms with Crippen LogP contribution in [0.4, 0.5) is 18.9 Å². The summed E-state index contributed by atoms with van der Waals surface area (Å²) in [5.74, 6) is 0.155. The van der Waals surface area contributed by atoms with Gasteiger partial charge in [0.25, 0.3) is 0 Å². The first-order chi connectivity index (χ1) is 17.2. The van der Waals surface area contributed by atoms with Gasteiger partial charge in [0.15, 0.2) is 0 Å². The van der Waals surface area contributed by atoms with Gasteiger partial charge in [-0.3, -0.25) is 14.6 Å². The maximum absolute atomic E-state index is 13.2. The molecule has 0 spiro atoms. The molecule has 0 aromatic heterocycles. The van der Waals surface area contributed by atoms with Crippen molar-refractivity contribution in [2.45, 2.75) is 44.9 Å². The topological polar surface area (TPSA) is 36.0 Å². The minimum Gasteiger partial charge on any atom is -0.469 e. The summed E-state index contributed by atoms with van der Waals surface area (Å²) >= 11 is 0. The number of hydrogen-bond acceptors (Lipinski definition) is 5. The predicted molar refractivity (Wildman–Crippen MR) is 135 cm³/mol. The van der Waals surface area contributed by atoms with Crippen LogP contribution in [0.3, 0.4) is 0 Å². The van der Waals surface area contributed by atoms with Gasteiger partial charge in [0.05, 0.1) is 12.7 Å². The van der Waals surface area contributed by atoms with Gasteiger partial charge in [-0.05, 0) is 56.0 Å². The van der Waals surface area contributed by atoms with E-state index in [0.717, 1.165) is 51.6 Å². The highest BCUT2D eigenvalue weighted by molar-refractivity contribution is 5.69. The number of piperidine rings is 1. The van der Waals surface area contributed by atoms with Crippen LogP contribution in [0.25, 0.3) is 0 Å². The Morgan fingerprint density at radius 2 is 1.75 bits per heavy atom. The summed E-state index contributed by atoms with van der Waals surface area (Å²) in [6.07, 6.45) is -2.14. The molecule has 2 fully saturated rings. The third-order valence-corrected chi connectivity index (χ3v) is 7.57. The second kappa shape index (κ2) is 11.6. The Morgan fingerprint density at radius 3 is 2.42 bits per heavy atom. The van der Waals surface area contributed by atoms with E-state index >= 15 is 0 Å². The smallest absolute Gasteiger partial charge is 0.416 e. The highest BCUT2D eigenvalue weighted by Gasteiger charge is 2.35. The number of piperazine rings is 1. The van der Waals surface area contributed by atoms with Crippen molar-refractivity contribution < 1.29 is 22.7 Å². The molecule has 8 heteroatoms. The molecule has 0 N–H and O–H groups in total. The number of hydrogen-bond donors (Lipinski definition) is 0. The molecule has 0 radical (unpaired) electrons. The Morgan fingerprint density at radius 1 is 1.03 bits per heavy atom.